The molecule has 0 aliphatic rings. The van der Waals surface area contributed by atoms with E-state index in [0.717, 1.165) is 17.5 Å². The molecule has 0 saturated carbocycles. The summed E-state index contributed by atoms with van der Waals surface area (Å²) in [6.07, 6.45) is 0. The Labute approximate surface area is 121 Å². The van der Waals surface area contributed by atoms with E-state index in [0.29, 0.717) is 12.3 Å². The monoisotopic (exact) mass is 285 g/mol. The number of rotatable bonds is 5. The van der Waals surface area contributed by atoms with Crippen LogP contribution in [0.5, 0.6) is 0 Å². The molecule has 0 aliphatic carbocycles. The molecule has 3 aromatic rings. The van der Waals surface area contributed by atoms with Crippen molar-refractivity contribution < 1.29 is 9.21 Å². The highest BCUT2D eigenvalue weighted by molar-refractivity contribution is 7.09. The summed E-state index contributed by atoms with van der Waals surface area (Å²) in [5.74, 6) is 0.449. The van der Waals surface area contributed by atoms with Crippen molar-refractivity contribution in [3.63, 3.8) is 0 Å². The summed E-state index contributed by atoms with van der Waals surface area (Å²) >= 11 is 1.70. The molecule has 2 aromatic heterocycles. The van der Waals surface area contributed by atoms with Gasteiger partial charge in [0, 0.05) is 16.8 Å². The Morgan fingerprint density at radius 3 is 2.85 bits per heavy atom. The smallest absolute Gasteiger partial charge is 0.211 e. The average Bonchev–Trinajstić information content (AvgIpc) is 3.06. The summed E-state index contributed by atoms with van der Waals surface area (Å²) in [4.78, 5) is 15.5. The number of thiophene rings is 1. The predicted octanol–water partition coefficient (Wildman–Crippen LogP) is 3.81. The molecule has 2 heterocycles. The Morgan fingerprint density at radius 2 is 2.10 bits per heavy atom. The lowest BCUT2D eigenvalue weighted by Gasteiger charge is -2.13. The van der Waals surface area contributed by atoms with Crippen molar-refractivity contribution in [2.24, 2.45) is 0 Å². The number of fused-ring (bicyclic) bond motifs is 1. The van der Waals surface area contributed by atoms with Gasteiger partial charge in [0.15, 0.2) is 5.76 Å². The first-order valence-electron chi connectivity index (χ1n) is 6.45. The molecular weight excluding hydrogens is 270 g/mol. The molecule has 0 saturated heterocycles. The van der Waals surface area contributed by atoms with Gasteiger partial charge in [-0.2, -0.15) is 0 Å². The highest BCUT2D eigenvalue weighted by atomic mass is 32.1. The summed E-state index contributed by atoms with van der Waals surface area (Å²) in [5.41, 5.74) is 0.761. The van der Waals surface area contributed by atoms with E-state index in [4.69, 9.17) is 4.42 Å². The van der Waals surface area contributed by atoms with E-state index in [1.165, 1.54) is 4.88 Å². The fourth-order valence-electron chi connectivity index (χ4n) is 2.17. The van der Waals surface area contributed by atoms with Gasteiger partial charge in [0.05, 0.1) is 6.54 Å². The van der Waals surface area contributed by atoms with Gasteiger partial charge in [-0.15, -0.1) is 11.3 Å². The minimum Gasteiger partial charge on any atom is -0.453 e. The van der Waals surface area contributed by atoms with Gasteiger partial charge in [-0.25, -0.2) is 0 Å². The largest absolute Gasteiger partial charge is 0.453 e. The van der Waals surface area contributed by atoms with Crippen molar-refractivity contribution in [2.45, 2.75) is 6.54 Å². The number of carbonyl (C=O) groups excluding carboxylic acids is 1. The van der Waals surface area contributed by atoms with Crippen molar-refractivity contribution in [1.82, 2.24) is 4.90 Å². The van der Waals surface area contributed by atoms with Crippen molar-refractivity contribution in [3.05, 3.63) is 58.5 Å². The van der Waals surface area contributed by atoms with Gasteiger partial charge in [0.1, 0.15) is 5.58 Å². The van der Waals surface area contributed by atoms with E-state index in [1.54, 1.807) is 11.3 Å². The second-order valence-corrected chi connectivity index (χ2v) is 5.86. The van der Waals surface area contributed by atoms with E-state index in [9.17, 15) is 4.79 Å². The second-order valence-electron chi connectivity index (χ2n) is 4.82. The molecule has 3 nitrogen and oxygen atoms in total. The first kappa shape index (κ1) is 13.1. The van der Waals surface area contributed by atoms with Crippen molar-refractivity contribution in [3.8, 4) is 0 Å². The minimum atomic E-state index is 0.0141. The Kier molecular flexibility index (Phi) is 3.67. The highest BCUT2D eigenvalue weighted by Gasteiger charge is 2.14. The SMILES string of the molecule is CN(CC(=O)c1cc2ccccc2o1)Cc1cccs1. The van der Waals surface area contributed by atoms with Crippen LogP contribution >= 0.6 is 11.3 Å². The van der Waals surface area contributed by atoms with Crippen LogP contribution in [0.15, 0.2) is 52.3 Å². The van der Waals surface area contributed by atoms with Crippen LogP contribution in [0.2, 0.25) is 0 Å². The number of para-hydroxylation sites is 1. The molecule has 1 aromatic carbocycles. The minimum absolute atomic E-state index is 0.0141. The molecule has 0 N–H and O–H groups in total. The van der Waals surface area contributed by atoms with Crippen molar-refractivity contribution in [2.75, 3.05) is 13.6 Å². The zero-order chi connectivity index (χ0) is 13.9. The van der Waals surface area contributed by atoms with Crippen LogP contribution in [-0.4, -0.2) is 24.3 Å². The lowest BCUT2D eigenvalue weighted by Crippen LogP contribution is -2.25. The van der Waals surface area contributed by atoms with Gasteiger partial charge in [0.2, 0.25) is 5.78 Å². The highest BCUT2D eigenvalue weighted by Crippen LogP contribution is 2.19. The molecule has 0 radical (unpaired) electrons. The number of furan rings is 1. The third-order valence-corrected chi connectivity index (χ3v) is 3.98. The molecule has 0 aliphatic heterocycles. The average molecular weight is 285 g/mol. The van der Waals surface area contributed by atoms with E-state index < -0.39 is 0 Å². The molecule has 102 valence electrons. The zero-order valence-corrected chi connectivity index (χ0v) is 12.0. The normalized spacial score (nSPS) is 11.3. The maximum atomic E-state index is 12.2. The lowest BCUT2D eigenvalue weighted by atomic mass is 10.2. The molecule has 4 heteroatoms. The van der Waals surface area contributed by atoms with Crippen LogP contribution in [-0.2, 0) is 6.54 Å². The van der Waals surface area contributed by atoms with E-state index in [2.05, 4.69) is 6.07 Å². The Morgan fingerprint density at radius 1 is 1.25 bits per heavy atom. The first-order valence-corrected chi connectivity index (χ1v) is 7.33. The molecule has 0 unspecified atom stereocenters. The topological polar surface area (TPSA) is 33.5 Å². The van der Waals surface area contributed by atoms with Gasteiger partial charge in [0.25, 0.3) is 0 Å². The van der Waals surface area contributed by atoms with Crippen LogP contribution in [0, 0.1) is 0 Å². The Hall–Kier alpha value is -1.91. The molecular formula is C16H15NO2S. The summed E-state index contributed by atoms with van der Waals surface area (Å²) in [7, 11) is 1.94. The van der Waals surface area contributed by atoms with Crippen LogP contribution in [0.4, 0.5) is 0 Å². The summed E-state index contributed by atoms with van der Waals surface area (Å²) in [6.45, 7) is 1.14. The summed E-state index contributed by atoms with van der Waals surface area (Å²) < 4.78 is 5.59. The molecule has 3 rings (SSSR count). The first-order chi connectivity index (χ1) is 9.72. The van der Waals surface area contributed by atoms with Gasteiger partial charge >= 0.3 is 0 Å². The Bertz CT molecular complexity index is 682. The van der Waals surface area contributed by atoms with Crippen LogP contribution in [0.25, 0.3) is 11.0 Å². The predicted molar refractivity (Wildman–Crippen MR) is 81.2 cm³/mol. The number of hydrogen-bond acceptors (Lipinski definition) is 4. The maximum Gasteiger partial charge on any atom is 0.211 e. The van der Waals surface area contributed by atoms with Crippen LogP contribution in [0.1, 0.15) is 15.4 Å². The number of hydrogen-bond donors (Lipinski definition) is 0. The lowest BCUT2D eigenvalue weighted by molar-refractivity contribution is 0.0918. The second kappa shape index (κ2) is 5.61. The van der Waals surface area contributed by atoms with Crippen LogP contribution in [0.3, 0.4) is 0 Å². The quantitative estimate of drug-likeness (QED) is 0.668. The molecule has 20 heavy (non-hydrogen) atoms. The molecule has 0 spiro atoms. The van der Waals surface area contributed by atoms with Gasteiger partial charge < -0.3 is 4.42 Å². The number of nitrogens with zero attached hydrogens (tertiary/aromatic N) is 1. The molecule has 0 fully saturated rings. The number of Topliss-reactive ketones (excluding diaryl/α,β-unsaturated/α-hetero) is 1. The standard InChI is InChI=1S/C16H15NO2S/c1-17(10-13-6-4-8-20-13)11-14(18)16-9-12-5-2-3-7-15(12)19-16/h2-9H,10-11H2,1H3. The fourth-order valence-corrected chi connectivity index (χ4v) is 2.95. The third-order valence-electron chi connectivity index (χ3n) is 3.12. The number of benzene rings is 1. The summed E-state index contributed by atoms with van der Waals surface area (Å²) in [5, 5.41) is 3.02. The Balaban J connectivity index is 1.69. The molecule has 0 amide bonds. The summed E-state index contributed by atoms with van der Waals surface area (Å²) in [6, 6.07) is 13.6. The maximum absolute atomic E-state index is 12.2. The number of carbonyl (C=O) groups is 1. The number of likely N-dealkylation sites (N-methyl/N-ethyl adjacent to an activating group) is 1. The van der Waals surface area contributed by atoms with Gasteiger partial charge in [-0.05, 0) is 30.6 Å². The fraction of sp³-hybridized carbons (Fsp3) is 0.188. The van der Waals surface area contributed by atoms with Gasteiger partial charge in [-0.3, -0.25) is 9.69 Å². The molecule has 0 atom stereocenters. The number of ketones is 1. The van der Waals surface area contributed by atoms with Crippen molar-refractivity contribution >= 4 is 28.1 Å². The van der Waals surface area contributed by atoms with Crippen molar-refractivity contribution in [1.29, 1.82) is 0 Å². The molecule has 0 bridgehead atoms. The van der Waals surface area contributed by atoms with E-state index in [1.807, 2.05) is 53.7 Å². The van der Waals surface area contributed by atoms with Crippen LogP contribution < -0.4 is 0 Å². The zero-order valence-electron chi connectivity index (χ0n) is 11.2. The van der Waals surface area contributed by atoms with E-state index in [-0.39, 0.29) is 5.78 Å². The van der Waals surface area contributed by atoms with Gasteiger partial charge in [-0.1, -0.05) is 24.3 Å². The van der Waals surface area contributed by atoms with E-state index >= 15 is 0 Å². The third kappa shape index (κ3) is 2.81.